The number of benzene rings is 3. The number of carbonyl (C=O) groups is 2. The van der Waals surface area contributed by atoms with Gasteiger partial charge in [-0.1, -0.05) is 43.6 Å². The van der Waals surface area contributed by atoms with Crippen LogP contribution in [0, 0.1) is 17.2 Å². The lowest BCUT2D eigenvalue weighted by atomic mass is 9.77. The zero-order valence-corrected chi connectivity index (χ0v) is 41.4. The first-order valence-corrected chi connectivity index (χ1v) is 25.2. The third kappa shape index (κ3) is 10.8. The average Bonchev–Trinajstić information content (AvgIpc) is 3.61. The van der Waals surface area contributed by atoms with Crippen molar-refractivity contribution >= 4 is 52.0 Å². The standard InChI is InChI=1S/C52H62Cl2N10O5/c1-52(2,39-29-37(31-55)48(43(54)30-39)68-27-17-53)38-5-7-42(8-6-38)69-34-40-12-18-56-50(57-40)63-25-23-62(24-26-63)41-15-21-61(22-16-41)32-35-13-19-60(20-14-35)33-36-4-9-44-46(28-36)59(3)51(67)64(44)45-10-11-47(65)58-49(45)66/h4-9,12,18,28-30,35,41,45H,10-11,13-17,19-27,32-34H2,1-3H3,(H,58,65,66). The van der Waals surface area contributed by atoms with Gasteiger partial charge in [0.2, 0.25) is 17.8 Å². The fraction of sp³-hybridized carbons (Fsp3) is 0.500. The number of aromatic nitrogens is 4. The number of rotatable bonds is 15. The average molecular weight is 978 g/mol. The fourth-order valence-electron chi connectivity index (χ4n) is 10.7. The molecule has 1 unspecified atom stereocenters. The first-order valence-electron chi connectivity index (χ1n) is 24.3. The van der Waals surface area contributed by atoms with Crippen LogP contribution in [-0.4, -0.2) is 123 Å². The molecule has 4 fully saturated rings. The van der Waals surface area contributed by atoms with Gasteiger partial charge >= 0.3 is 5.69 Å². The molecule has 1 atom stereocenters. The Morgan fingerprint density at radius 2 is 1.58 bits per heavy atom. The molecule has 6 heterocycles. The van der Waals surface area contributed by atoms with Gasteiger partial charge in [0.15, 0.2) is 5.75 Å². The third-order valence-corrected chi connectivity index (χ3v) is 15.3. The number of alkyl halides is 1. The maximum Gasteiger partial charge on any atom is 0.329 e. The number of nitrogens with one attached hydrogen (secondary N) is 1. The van der Waals surface area contributed by atoms with E-state index >= 15 is 0 Å². The van der Waals surface area contributed by atoms with Crippen LogP contribution in [0.5, 0.6) is 11.5 Å². The Bertz CT molecular complexity index is 2750. The smallest absolute Gasteiger partial charge is 0.329 e. The molecule has 0 spiro atoms. The van der Waals surface area contributed by atoms with Crippen molar-refractivity contribution in [1.29, 1.82) is 5.26 Å². The second-order valence-corrected chi connectivity index (χ2v) is 20.3. The number of amides is 2. The highest BCUT2D eigenvalue weighted by molar-refractivity contribution is 6.32. The number of ether oxygens (including phenoxy) is 2. The molecule has 0 saturated carbocycles. The van der Waals surface area contributed by atoms with Crippen molar-refractivity contribution in [2.24, 2.45) is 13.0 Å². The fourth-order valence-corrected chi connectivity index (χ4v) is 11.0. The molecule has 15 nitrogen and oxygen atoms in total. The van der Waals surface area contributed by atoms with E-state index in [0.717, 1.165) is 104 Å². The number of fused-ring (bicyclic) bond motifs is 1. The van der Waals surface area contributed by atoms with Crippen molar-refractivity contribution in [2.75, 3.05) is 76.3 Å². The van der Waals surface area contributed by atoms with E-state index in [1.165, 1.54) is 32.2 Å². The molecule has 3 aromatic carbocycles. The van der Waals surface area contributed by atoms with Crippen LogP contribution in [-0.2, 0) is 35.2 Å². The summed E-state index contributed by atoms with van der Waals surface area (Å²) in [5.41, 5.74) is 5.18. The molecular formula is C52H62Cl2N10O5. The van der Waals surface area contributed by atoms with Gasteiger partial charge in [-0.25, -0.2) is 14.8 Å². The van der Waals surface area contributed by atoms with Crippen LogP contribution in [0.25, 0.3) is 11.0 Å². The number of piperazine rings is 1. The molecular weight excluding hydrogens is 916 g/mol. The number of piperidine rings is 3. The van der Waals surface area contributed by atoms with Crippen LogP contribution < -0.4 is 25.4 Å². The summed E-state index contributed by atoms with van der Waals surface area (Å²) in [5.74, 6) is 2.15. The molecule has 17 heteroatoms. The molecule has 1 N–H and O–H groups in total. The Balaban J connectivity index is 0.694. The van der Waals surface area contributed by atoms with Gasteiger partial charge in [-0.2, -0.15) is 5.26 Å². The number of nitrogens with zero attached hydrogens (tertiary/aromatic N) is 9. The van der Waals surface area contributed by atoms with Crippen LogP contribution >= 0.6 is 23.2 Å². The van der Waals surface area contributed by atoms with Gasteiger partial charge in [-0.15, -0.1) is 11.6 Å². The zero-order chi connectivity index (χ0) is 48.2. The molecule has 364 valence electrons. The highest BCUT2D eigenvalue weighted by Gasteiger charge is 2.33. The Kier molecular flexibility index (Phi) is 14.9. The van der Waals surface area contributed by atoms with Crippen molar-refractivity contribution in [1.82, 2.24) is 39.1 Å². The van der Waals surface area contributed by atoms with Gasteiger partial charge in [0.05, 0.1) is 33.2 Å². The number of anilines is 1. The Hall–Kier alpha value is -5.50. The number of nitriles is 1. The van der Waals surface area contributed by atoms with Crippen LogP contribution in [0.3, 0.4) is 0 Å². The maximum absolute atomic E-state index is 13.2. The number of hydrogen-bond donors (Lipinski definition) is 1. The normalized spacial score (nSPS) is 19.5. The molecule has 69 heavy (non-hydrogen) atoms. The second-order valence-electron chi connectivity index (χ2n) is 19.5. The topological polar surface area (TPSA) is 154 Å². The SMILES string of the molecule is Cn1c(=O)n(C2CCC(=O)NC2=O)c2ccc(CN3CCC(CN4CCC(N5CCN(c6nccc(COc7ccc(C(C)(C)c8cc(Cl)c(OCCCl)c(C#N)c8)cc7)n6)CC5)CC4)CC3)cc21. The largest absolute Gasteiger partial charge is 0.489 e. The van der Waals surface area contributed by atoms with Crippen LogP contribution in [0.4, 0.5) is 5.95 Å². The van der Waals surface area contributed by atoms with Crippen molar-refractivity contribution < 1.29 is 19.1 Å². The quantitative estimate of drug-likeness (QED) is 0.0883. The first-order chi connectivity index (χ1) is 33.4. The summed E-state index contributed by atoms with van der Waals surface area (Å²) in [6, 6.07) is 21.9. The summed E-state index contributed by atoms with van der Waals surface area (Å²) in [4.78, 5) is 57.3. The van der Waals surface area contributed by atoms with E-state index in [2.05, 4.69) is 61.9 Å². The zero-order valence-electron chi connectivity index (χ0n) is 39.8. The summed E-state index contributed by atoms with van der Waals surface area (Å²) < 4.78 is 15.0. The lowest BCUT2D eigenvalue weighted by Crippen LogP contribution is -2.54. The summed E-state index contributed by atoms with van der Waals surface area (Å²) in [5, 5.41) is 12.6. The highest BCUT2D eigenvalue weighted by atomic mass is 35.5. The molecule has 0 bridgehead atoms. The van der Waals surface area contributed by atoms with Crippen molar-refractivity contribution in [2.45, 2.75) is 83.0 Å². The molecule has 2 aromatic heterocycles. The molecule has 4 aliphatic heterocycles. The number of imide groups is 1. The van der Waals surface area contributed by atoms with Crippen LogP contribution in [0.2, 0.25) is 5.02 Å². The number of halogens is 2. The minimum Gasteiger partial charge on any atom is -0.489 e. The molecule has 0 aliphatic carbocycles. The predicted molar refractivity (Wildman–Crippen MR) is 267 cm³/mol. The summed E-state index contributed by atoms with van der Waals surface area (Å²) in [6.45, 7) is 15.0. The third-order valence-electron chi connectivity index (χ3n) is 14.8. The summed E-state index contributed by atoms with van der Waals surface area (Å²) in [6.07, 6.45) is 7.15. The molecule has 9 rings (SSSR count). The molecule has 5 aromatic rings. The van der Waals surface area contributed by atoms with Crippen LogP contribution in [0.15, 0.2) is 71.7 Å². The van der Waals surface area contributed by atoms with E-state index in [1.807, 2.05) is 54.7 Å². The lowest BCUT2D eigenvalue weighted by molar-refractivity contribution is -0.135. The molecule has 4 aliphatic rings. The van der Waals surface area contributed by atoms with Crippen molar-refractivity contribution in [3.05, 3.63) is 110 Å². The summed E-state index contributed by atoms with van der Waals surface area (Å²) in [7, 11) is 1.75. The molecule has 0 radical (unpaired) electrons. The first kappa shape index (κ1) is 48.5. The lowest BCUT2D eigenvalue weighted by Gasteiger charge is -2.43. The minimum absolute atomic E-state index is 0.229. The highest BCUT2D eigenvalue weighted by Crippen LogP contribution is 2.39. The van der Waals surface area contributed by atoms with Crippen molar-refractivity contribution in [3.63, 3.8) is 0 Å². The maximum atomic E-state index is 13.2. The van der Waals surface area contributed by atoms with E-state index < -0.39 is 17.4 Å². The van der Waals surface area contributed by atoms with Crippen molar-refractivity contribution in [3.8, 4) is 17.6 Å². The van der Waals surface area contributed by atoms with Gasteiger partial charge in [0.1, 0.15) is 31.1 Å². The summed E-state index contributed by atoms with van der Waals surface area (Å²) >= 11 is 12.4. The van der Waals surface area contributed by atoms with Gasteiger partial charge in [-0.05, 0) is 123 Å². The number of likely N-dealkylation sites (tertiary alicyclic amines) is 2. The van der Waals surface area contributed by atoms with E-state index in [0.29, 0.717) is 47.2 Å². The van der Waals surface area contributed by atoms with Gasteiger partial charge in [-0.3, -0.25) is 33.8 Å². The van der Waals surface area contributed by atoms with Gasteiger partial charge in [0, 0.05) is 70.4 Å². The minimum atomic E-state index is -0.675. The molecule has 4 saturated heterocycles. The predicted octanol–water partition coefficient (Wildman–Crippen LogP) is 6.65. The Labute approximate surface area is 413 Å². The van der Waals surface area contributed by atoms with E-state index in [9.17, 15) is 19.6 Å². The number of imidazole rings is 1. The van der Waals surface area contributed by atoms with E-state index in [4.69, 9.17) is 37.7 Å². The van der Waals surface area contributed by atoms with Gasteiger partial charge in [0.25, 0.3) is 0 Å². The Morgan fingerprint density at radius 1 is 0.841 bits per heavy atom. The number of aryl methyl sites for hydroxylation is 1. The van der Waals surface area contributed by atoms with Crippen LogP contribution in [0.1, 0.15) is 86.4 Å². The monoisotopic (exact) mass is 976 g/mol. The second kappa shape index (κ2) is 21.2. The van der Waals surface area contributed by atoms with E-state index in [-0.39, 0.29) is 24.6 Å². The number of carbonyl (C=O) groups excluding carboxylic acids is 2. The Morgan fingerprint density at radius 3 is 2.29 bits per heavy atom. The molecule has 2 amide bonds. The van der Waals surface area contributed by atoms with E-state index in [1.54, 1.807) is 16.2 Å². The van der Waals surface area contributed by atoms with Gasteiger partial charge < -0.3 is 19.3 Å². The number of hydrogen-bond acceptors (Lipinski definition) is 12.